The Balaban J connectivity index is 2.76. The summed E-state index contributed by atoms with van der Waals surface area (Å²) in [4.78, 5) is 11.2. The van der Waals surface area contributed by atoms with Crippen molar-refractivity contribution in [3.63, 3.8) is 0 Å². The van der Waals surface area contributed by atoms with Crippen molar-refractivity contribution in [1.29, 1.82) is 0 Å². The van der Waals surface area contributed by atoms with E-state index in [0.29, 0.717) is 5.56 Å². The van der Waals surface area contributed by atoms with Gasteiger partial charge in [-0.3, -0.25) is 4.79 Å². The van der Waals surface area contributed by atoms with Crippen molar-refractivity contribution >= 4 is 12.0 Å². The molecule has 0 aliphatic heterocycles. The predicted octanol–water partition coefficient (Wildman–Crippen LogP) is 1.68. The summed E-state index contributed by atoms with van der Waals surface area (Å²) >= 11 is 0. The molecule has 0 aliphatic rings. The molecule has 98 valence electrons. The highest BCUT2D eigenvalue weighted by Gasteiger charge is 2.23. The second-order valence-electron chi connectivity index (χ2n) is 3.85. The minimum Gasteiger partial charge on any atom is -0.466 e. The Morgan fingerprint density at radius 1 is 1.44 bits per heavy atom. The molecule has 0 aromatic heterocycles. The minimum atomic E-state index is -1.19. The van der Waals surface area contributed by atoms with Gasteiger partial charge in [-0.15, -0.1) is 0 Å². The van der Waals surface area contributed by atoms with Crippen LogP contribution in [-0.4, -0.2) is 28.9 Å². The minimum absolute atomic E-state index is 0.236. The third-order valence-electron chi connectivity index (χ3n) is 2.58. The Hall–Kier alpha value is -1.65. The Morgan fingerprint density at radius 2 is 2.11 bits per heavy atom. The first-order chi connectivity index (χ1) is 8.60. The molecular formula is C14H18O4. The van der Waals surface area contributed by atoms with Crippen LogP contribution in [0, 0.1) is 0 Å². The Labute approximate surface area is 107 Å². The maximum atomic E-state index is 11.2. The van der Waals surface area contributed by atoms with Crippen molar-refractivity contribution in [2.45, 2.75) is 25.6 Å². The molecule has 18 heavy (non-hydrogen) atoms. The molecule has 0 amide bonds. The van der Waals surface area contributed by atoms with Crippen molar-refractivity contribution < 1.29 is 19.7 Å². The first kappa shape index (κ1) is 14.4. The molecule has 0 saturated carbocycles. The highest BCUT2D eigenvalue weighted by atomic mass is 16.5. The lowest BCUT2D eigenvalue weighted by molar-refractivity contribution is -0.147. The summed E-state index contributed by atoms with van der Waals surface area (Å²) in [6, 6.07) is 7.03. The Morgan fingerprint density at radius 3 is 2.72 bits per heavy atom. The highest BCUT2D eigenvalue weighted by molar-refractivity contribution is 5.70. The number of carbonyl (C=O) groups excluding carboxylic acids is 1. The summed E-state index contributed by atoms with van der Waals surface area (Å²) in [7, 11) is 0. The van der Waals surface area contributed by atoms with Gasteiger partial charge >= 0.3 is 5.97 Å². The predicted molar refractivity (Wildman–Crippen MR) is 68.7 cm³/mol. The van der Waals surface area contributed by atoms with Crippen LogP contribution in [0.4, 0.5) is 0 Å². The highest BCUT2D eigenvalue weighted by Crippen LogP contribution is 2.23. The molecule has 0 spiro atoms. The fourth-order valence-corrected chi connectivity index (χ4v) is 1.68. The average Bonchev–Trinajstić information content (AvgIpc) is 2.38. The smallest absolute Gasteiger partial charge is 0.308 e. The molecule has 0 radical (unpaired) electrons. The van der Waals surface area contributed by atoms with E-state index in [1.165, 1.54) is 0 Å². The van der Waals surface area contributed by atoms with Gasteiger partial charge in [0, 0.05) is 0 Å². The average molecular weight is 250 g/mol. The molecule has 0 fully saturated rings. The second kappa shape index (κ2) is 6.93. The normalized spacial score (nSPS) is 13.7. The van der Waals surface area contributed by atoms with Gasteiger partial charge in [0.15, 0.2) is 0 Å². The Bertz CT molecular complexity index is 414. The molecule has 1 rings (SSSR count). The molecule has 2 atom stereocenters. The number of aliphatic hydroxyl groups is 2. The third-order valence-corrected chi connectivity index (χ3v) is 2.58. The van der Waals surface area contributed by atoms with Gasteiger partial charge in [0.1, 0.15) is 6.10 Å². The van der Waals surface area contributed by atoms with E-state index in [1.807, 2.05) is 6.07 Å². The lowest BCUT2D eigenvalue weighted by Crippen LogP contribution is -2.23. The lowest BCUT2D eigenvalue weighted by atomic mass is 9.97. The van der Waals surface area contributed by atoms with Crippen LogP contribution in [0.15, 0.2) is 30.8 Å². The monoisotopic (exact) mass is 250 g/mol. The van der Waals surface area contributed by atoms with E-state index >= 15 is 0 Å². The number of carbonyl (C=O) groups is 1. The standard InChI is InChI=1S/C14H18O4/c1-3-10-7-5-6-8-11(10)14(17)12(15)9-13(16)18-4-2/h3,5-8,12,14-15,17H,1,4,9H2,2H3. The molecule has 0 heterocycles. The number of aliphatic hydroxyl groups excluding tert-OH is 2. The van der Waals surface area contributed by atoms with Crippen molar-refractivity contribution in [3.8, 4) is 0 Å². The van der Waals surface area contributed by atoms with Gasteiger partial charge in [-0.25, -0.2) is 0 Å². The first-order valence-electron chi connectivity index (χ1n) is 5.83. The molecule has 0 saturated heterocycles. The Kier molecular flexibility index (Phi) is 5.55. The zero-order chi connectivity index (χ0) is 13.5. The number of ether oxygens (including phenoxy) is 1. The zero-order valence-electron chi connectivity index (χ0n) is 10.4. The van der Waals surface area contributed by atoms with Gasteiger partial charge in [0.2, 0.25) is 0 Å². The number of esters is 1. The quantitative estimate of drug-likeness (QED) is 0.754. The van der Waals surface area contributed by atoms with Crippen LogP contribution < -0.4 is 0 Å². The molecule has 4 heteroatoms. The number of rotatable bonds is 6. The van der Waals surface area contributed by atoms with Crippen molar-refractivity contribution in [2.75, 3.05) is 6.61 Å². The van der Waals surface area contributed by atoms with E-state index in [1.54, 1.807) is 31.2 Å². The van der Waals surface area contributed by atoms with E-state index in [0.717, 1.165) is 5.56 Å². The van der Waals surface area contributed by atoms with Gasteiger partial charge in [0.05, 0.1) is 19.1 Å². The summed E-state index contributed by atoms with van der Waals surface area (Å²) < 4.78 is 4.72. The van der Waals surface area contributed by atoms with E-state index in [9.17, 15) is 15.0 Å². The van der Waals surface area contributed by atoms with Crippen molar-refractivity contribution in [2.24, 2.45) is 0 Å². The van der Waals surface area contributed by atoms with Crippen LogP contribution in [0.1, 0.15) is 30.6 Å². The SMILES string of the molecule is C=Cc1ccccc1C(O)C(O)CC(=O)OCC. The van der Waals surface area contributed by atoms with E-state index in [-0.39, 0.29) is 13.0 Å². The fraction of sp³-hybridized carbons (Fsp3) is 0.357. The van der Waals surface area contributed by atoms with Crippen LogP contribution >= 0.6 is 0 Å². The van der Waals surface area contributed by atoms with Gasteiger partial charge in [-0.05, 0) is 18.1 Å². The molecule has 1 aromatic rings. The van der Waals surface area contributed by atoms with Crippen LogP contribution in [0.5, 0.6) is 0 Å². The maximum absolute atomic E-state index is 11.2. The number of benzene rings is 1. The van der Waals surface area contributed by atoms with E-state index in [2.05, 4.69) is 6.58 Å². The van der Waals surface area contributed by atoms with Crippen LogP contribution in [0.3, 0.4) is 0 Å². The van der Waals surface area contributed by atoms with E-state index < -0.39 is 18.2 Å². The van der Waals surface area contributed by atoms with Gasteiger partial charge in [-0.1, -0.05) is 36.9 Å². The lowest BCUT2D eigenvalue weighted by Gasteiger charge is -2.19. The molecule has 0 bridgehead atoms. The van der Waals surface area contributed by atoms with Crippen LogP contribution in [-0.2, 0) is 9.53 Å². The van der Waals surface area contributed by atoms with Crippen LogP contribution in [0.25, 0.3) is 6.08 Å². The summed E-state index contributed by atoms with van der Waals surface area (Å²) in [5.41, 5.74) is 1.28. The summed E-state index contributed by atoms with van der Waals surface area (Å²) in [6.45, 7) is 5.58. The van der Waals surface area contributed by atoms with Crippen LogP contribution in [0.2, 0.25) is 0 Å². The second-order valence-corrected chi connectivity index (χ2v) is 3.85. The molecule has 2 N–H and O–H groups in total. The van der Waals surface area contributed by atoms with Crippen molar-refractivity contribution in [3.05, 3.63) is 42.0 Å². The molecule has 1 aromatic carbocycles. The molecule has 2 unspecified atom stereocenters. The largest absolute Gasteiger partial charge is 0.466 e. The van der Waals surface area contributed by atoms with E-state index in [4.69, 9.17) is 4.74 Å². The molecule has 4 nitrogen and oxygen atoms in total. The van der Waals surface area contributed by atoms with Gasteiger partial charge in [-0.2, -0.15) is 0 Å². The maximum Gasteiger partial charge on any atom is 0.308 e. The summed E-state index contributed by atoms with van der Waals surface area (Å²) in [5, 5.41) is 19.8. The van der Waals surface area contributed by atoms with Crippen molar-refractivity contribution in [1.82, 2.24) is 0 Å². The number of hydrogen-bond acceptors (Lipinski definition) is 4. The topological polar surface area (TPSA) is 66.8 Å². The number of hydrogen-bond donors (Lipinski definition) is 2. The zero-order valence-corrected chi connectivity index (χ0v) is 10.4. The van der Waals surface area contributed by atoms with Gasteiger partial charge < -0.3 is 14.9 Å². The third kappa shape index (κ3) is 3.68. The van der Waals surface area contributed by atoms with Gasteiger partial charge in [0.25, 0.3) is 0 Å². The first-order valence-corrected chi connectivity index (χ1v) is 5.83. The summed E-state index contributed by atoms with van der Waals surface area (Å²) in [6.07, 6.45) is -0.968. The molecule has 0 aliphatic carbocycles. The fourth-order valence-electron chi connectivity index (χ4n) is 1.68. The molecular weight excluding hydrogens is 232 g/mol. The summed E-state index contributed by atoms with van der Waals surface area (Å²) in [5.74, 6) is -0.528.